The lowest BCUT2D eigenvalue weighted by molar-refractivity contribution is 0.0745. The third-order valence-electron chi connectivity index (χ3n) is 5.69. The summed E-state index contributed by atoms with van der Waals surface area (Å²) in [6, 6.07) is 21.9. The lowest BCUT2D eigenvalue weighted by atomic mass is 10.0. The molecule has 0 spiro atoms. The molecule has 1 fully saturated rings. The maximum Gasteiger partial charge on any atom is 0.285 e. The highest BCUT2D eigenvalue weighted by atomic mass is 35.5. The zero-order chi connectivity index (χ0) is 21.2. The van der Waals surface area contributed by atoms with E-state index in [0.29, 0.717) is 10.7 Å². The van der Waals surface area contributed by atoms with Gasteiger partial charge in [-0.05, 0) is 47.9 Å². The average Bonchev–Trinajstić information content (AvgIpc) is 3.25. The molecule has 1 aromatic heterocycles. The highest BCUT2D eigenvalue weighted by Crippen LogP contribution is 2.30. The summed E-state index contributed by atoms with van der Waals surface area (Å²) in [5, 5.41) is 4.88. The van der Waals surface area contributed by atoms with E-state index in [9.17, 15) is 4.79 Å². The fourth-order valence-corrected chi connectivity index (χ4v) is 4.23. The number of piperidine rings is 1. The van der Waals surface area contributed by atoms with E-state index in [4.69, 9.17) is 16.6 Å². The summed E-state index contributed by atoms with van der Waals surface area (Å²) in [6.45, 7) is 1.75. The molecule has 156 valence electrons. The summed E-state index contributed by atoms with van der Waals surface area (Å²) in [5.74, 6) is 0.541. The molecule has 1 N–H and O–H groups in total. The second-order valence-electron chi connectivity index (χ2n) is 7.81. The quantitative estimate of drug-likeness (QED) is 0.466. The highest BCUT2D eigenvalue weighted by molar-refractivity contribution is 6.30. The van der Waals surface area contributed by atoms with Gasteiger partial charge in [0.15, 0.2) is 0 Å². The van der Waals surface area contributed by atoms with Crippen molar-refractivity contribution in [1.29, 1.82) is 0 Å². The molecule has 0 saturated carbocycles. The Balaban J connectivity index is 1.60. The van der Waals surface area contributed by atoms with Crippen LogP contribution in [0.2, 0.25) is 5.02 Å². The van der Waals surface area contributed by atoms with Gasteiger partial charge in [0.05, 0.1) is 0 Å². The molecule has 0 aliphatic carbocycles. The fourth-order valence-electron chi connectivity index (χ4n) is 4.11. The van der Waals surface area contributed by atoms with Crippen LogP contribution in [0, 0.1) is 0 Å². The number of carbonyl (C=O) groups is 1. The minimum absolute atomic E-state index is 0.184. The lowest BCUT2D eigenvalue weighted by Crippen LogP contribution is -2.45. The van der Waals surface area contributed by atoms with Gasteiger partial charge in [0.1, 0.15) is 11.5 Å². The Kier molecular flexibility index (Phi) is 5.45. The second-order valence-corrected chi connectivity index (χ2v) is 8.25. The van der Waals surface area contributed by atoms with E-state index in [1.165, 1.54) is 6.42 Å². The summed E-state index contributed by atoms with van der Waals surface area (Å²) < 4.78 is 1.96. The first-order chi connectivity index (χ1) is 15.2. The van der Waals surface area contributed by atoms with E-state index in [2.05, 4.69) is 23.6 Å². The van der Waals surface area contributed by atoms with Gasteiger partial charge in [-0.15, -0.1) is 0 Å². The number of fused-ring (bicyclic) bond motifs is 1. The van der Waals surface area contributed by atoms with E-state index in [-0.39, 0.29) is 5.91 Å². The number of carbonyl (C=O) groups excluding carboxylic acids is 1. The summed E-state index contributed by atoms with van der Waals surface area (Å²) >= 11 is 6.10. The molecule has 0 bridgehead atoms. The summed E-state index contributed by atoms with van der Waals surface area (Å²) in [5.41, 5.74) is 5.29. The van der Waals surface area contributed by atoms with Crippen LogP contribution in [0.1, 0.15) is 29.8 Å². The topological polar surface area (TPSA) is 50.2 Å². The number of rotatable bonds is 4. The van der Waals surface area contributed by atoms with Crippen LogP contribution < -0.4 is 5.43 Å². The minimum Gasteiger partial charge on any atom is -0.299 e. The molecule has 5 nitrogen and oxygen atoms in total. The van der Waals surface area contributed by atoms with Gasteiger partial charge < -0.3 is 0 Å². The summed E-state index contributed by atoms with van der Waals surface area (Å²) in [7, 11) is 0. The zero-order valence-electron chi connectivity index (χ0n) is 17.1. The number of hydrogen-bond acceptors (Lipinski definition) is 3. The molecule has 2 heterocycles. The maximum absolute atomic E-state index is 13.0. The number of aromatic nitrogens is 2. The Morgan fingerprint density at radius 2 is 1.65 bits per heavy atom. The van der Waals surface area contributed by atoms with Crippen molar-refractivity contribution in [3.05, 3.63) is 83.6 Å². The van der Waals surface area contributed by atoms with Crippen LogP contribution in [-0.4, -0.2) is 33.6 Å². The summed E-state index contributed by atoms with van der Waals surface area (Å²) in [4.78, 5) is 17.8. The molecule has 5 rings (SSSR count). The molecular weight excluding hydrogens is 408 g/mol. The number of halogens is 1. The molecule has 0 radical (unpaired) electrons. The lowest BCUT2D eigenvalue weighted by Gasteiger charge is -2.26. The highest BCUT2D eigenvalue weighted by Gasteiger charge is 2.20. The number of imidazole rings is 1. The molecule has 6 heteroatoms. The van der Waals surface area contributed by atoms with Crippen LogP contribution in [0.5, 0.6) is 0 Å². The van der Waals surface area contributed by atoms with Crippen LogP contribution in [0.4, 0.5) is 0 Å². The van der Waals surface area contributed by atoms with Gasteiger partial charge in [-0.1, -0.05) is 60.5 Å². The average molecular weight is 431 g/mol. The number of nitrogens with zero attached hydrogens (tertiary/aromatic N) is 3. The molecule has 3 aromatic carbocycles. The van der Waals surface area contributed by atoms with Gasteiger partial charge in [0.2, 0.25) is 0 Å². The van der Waals surface area contributed by atoms with Crippen LogP contribution in [-0.2, 0) is 0 Å². The van der Waals surface area contributed by atoms with Gasteiger partial charge in [0.25, 0.3) is 5.91 Å². The van der Waals surface area contributed by atoms with E-state index in [1.807, 2.05) is 58.1 Å². The minimum atomic E-state index is -0.184. The monoisotopic (exact) mass is 430 g/mol. The van der Waals surface area contributed by atoms with E-state index in [1.54, 1.807) is 6.20 Å². The Hall–Kier alpha value is -3.15. The summed E-state index contributed by atoms with van der Waals surface area (Å²) in [6.07, 6.45) is 5.21. The molecule has 4 aromatic rings. The first kappa shape index (κ1) is 19.8. The van der Waals surface area contributed by atoms with E-state index >= 15 is 0 Å². The van der Waals surface area contributed by atoms with Gasteiger partial charge in [-0.2, -0.15) is 0 Å². The Morgan fingerprint density at radius 1 is 0.903 bits per heavy atom. The van der Waals surface area contributed by atoms with Gasteiger partial charge in [0, 0.05) is 35.6 Å². The first-order valence-electron chi connectivity index (χ1n) is 10.6. The van der Waals surface area contributed by atoms with Crippen molar-refractivity contribution in [2.45, 2.75) is 19.3 Å². The number of benzene rings is 3. The van der Waals surface area contributed by atoms with Crippen molar-refractivity contribution in [3.8, 4) is 17.1 Å². The fraction of sp³-hybridized carbons (Fsp3) is 0.200. The molecule has 0 atom stereocenters. The molecular formula is C25H23ClN4O. The van der Waals surface area contributed by atoms with Crippen molar-refractivity contribution in [2.24, 2.45) is 0 Å². The smallest absolute Gasteiger partial charge is 0.285 e. The normalized spacial score (nSPS) is 14.6. The SMILES string of the molecule is O=C(NN1CCCCC1)c1cn(-c2ccc(Cl)cc2)c(-c2cccc3ccccc23)n1. The van der Waals surface area contributed by atoms with Gasteiger partial charge in [-0.3, -0.25) is 14.8 Å². The molecule has 31 heavy (non-hydrogen) atoms. The molecule has 1 amide bonds. The molecule has 1 saturated heterocycles. The van der Waals surface area contributed by atoms with E-state index in [0.717, 1.165) is 53.8 Å². The number of hydrogen-bond donors (Lipinski definition) is 1. The predicted octanol–water partition coefficient (Wildman–Crippen LogP) is 5.48. The first-order valence-corrected chi connectivity index (χ1v) is 11.0. The number of nitrogens with one attached hydrogen (secondary N) is 1. The van der Waals surface area contributed by atoms with Crippen molar-refractivity contribution in [2.75, 3.05) is 13.1 Å². The van der Waals surface area contributed by atoms with Crippen LogP contribution in [0.3, 0.4) is 0 Å². The Labute approximate surface area is 186 Å². The van der Waals surface area contributed by atoms with Gasteiger partial charge >= 0.3 is 0 Å². The third-order valence-corrected chi connectivity index (χ3v) is 5.94. The standard InChI is InChI=1S/C25H23ClN4O/c26-19-11-13-20(14-12-19)30-17-23(25(31)28-29-15-4-1-5-16-29)27-24(30)22-10-6-8-18-7-2-3-9-21(18)22/h2-3,6-14,17H,1,4-5,15-16H2,(H,28,31). The maximum atomic E-state index is 13.0. The molecule has 1 aliphatic rings. The predicted molar refractivity (Wildman–Crippen MR) is 124 cm³/mol. The Morgan fingerprint density at radius 3 is 2.45 bits per heavy atom. The van der Waals surface area contributed by atoms with Crippen LogP contribution in [0.25, 0.3) is 27.8 Å². The number of hydrazine groups is 1. The molecule has 0 unspecified atom stereocenters. The second kappa shape index (κ2) is 8.53. The van der Waals surface area contributed by atoms with Crippen LogP contribution >= 0.6 is 11.6 Å². The largest absolute Gasteiger partial charge is 0.299 e. The molecule has 1 aliphatic heterocycles. The van der Waals surface area contributed by atoms with Crippen molar-refractivity contribution >= 4 is 28.3 Å². The van der Waals surface area contributed by atoms with E-state index < -0.39 is 0 Å². The number of amides is 1. The van der Waals surface area contributed by atoms with Crippen molar-refractivity contribution in [1.82, 2.24) is 20.0 Å². The van der Waals surface area contributed by atoms with Crippen LogP contribution in [0.15, 0.2) is 72.9 Å². The third kappa shape index (κ3) is 4.07. The Bertz CT molecular complexity index is 1220. The van der Waals surface area contributed by atoms with Crippen molar-refractivity contribution in [3.63, 3.8) is 0 Å². The van der Waals surface area contributed by atoms with Crippen molar-refractivity contribution < 1.29 is 4.79 Å². The zero-order valence-corrected chi connectivity index (χ0v) is 17.8. The van der Waals surface area contributed by atoms with Gasteiger partial charge in [-0.25, -0.2) is 9.99 Å².